The van der Waals surface area contributed by atoms with E-state index in [4.69, 9.17) is 42.1 Å². The van der Waals surface area contributed by atoms with Crippen LogP contribution in [0.25, 0.3) is 0 Å². The average molecular weight is 645 g/mol. The highest BCUT2D eigenvalue weighted by molar-refractivity contribution is 9.11. The fourth-order valence-electron chi connectivity index (χ4n) is 2.90. The van der Waals surface area contributed by atoms with Gasteiger partial charge in [-0.3, -0.25) is 4.79 Å². The van der Waals surface area contributed by atoms with Crippen molar-refractivity contribution in [1.82, 2.24) is 5.43 Å². The van der Waals surface area contributed by atoms with E-state index >= 15 is 0 Å². The van der Waals surface area contributed by atoms with Gasteiger partial charge in [-0.1, -0.05) is 39.1 Å². The summed E-state index contributed by atoms with van der Waals surface area (Å²) in [4.78, 5) is 24.9. The van der Waals surface area contributed by atoms with Crippen LogP contribution in [-0.4, -0.2) is 31.5 Å². The molecule has 180 valence electrons. The molecule has 3 aromatic carbocycles. The summed E-state index contributed by atoms with van der Waals surface area (Å²) in [5, 5.41) is 4.66. The van der Waals surface area contributed by atoms with Gasteiger partial charge < -0.3 is 18.9 Å². The van der Waals surface area contributed by atoms with Gasteiger partial charge in [0.05, 0.1) is 21.3 Å². The Balaban J connectivity index is 1.42. The van der Waals surface area contributed by atoms with Gasteiger partial charge in [0.1, 0.15) is 5.75 Å². The Labute approximate surface area is 226 Å². The third-order valence-corrected chi connectivity index (χ3v) is 6.06. The van der Waals surface area contributed by atoms with Crippen LogP contribution in [0.4, 0.5) is 0 Å². The lowest BCUT2D eigenvalue weighted by atomic mass is 10.2. The largest absolute Gasteiger partial charge is 0.482 e. The molecule has 35 heavy (non-hydrogen) atoms. The van der Waals surface area contributed by atoms with Crippen LogP contribution >= 0.6 is 55.1 Å². The first kappa shape index (κ1) is 25.3. The third-order valence-electron chi connectivity index (χ3n) is 4.49. The standard InChI is InChI=1S/C23H14Br2Cl2N2O6/c24-14-5-13(9-28-29-21(30)10-32-18-4-2-15(26)8-17(18)27)22(16(25)7-14)35-23(31)12-1-3-19-20(6-12)34-11-33-19/h1-9H,10-11H2,(H,29,30)/b28-9+. The van der Waals surface area contributed by atoms with E-state index in [1.165, 1.54) is 12.3 Å². The van der Waals surface area contributed by atoms with Crippen LogP contribution in [0.3, 0.4) is 0 Å². The van der Waals surface area contributed by atoms with Crippen molar-refractivity contribution in [2.45, 2.75) is 0 Å². The zero-order valence-corrected chi connectivity index (χ0v) is 22.2. The van der Waals surface area contributed by atoms with Gasteiger partial charge in [0, 0.05) is 15.1 Å². The number of fused-ring (bicyclic) bond motifs is 1. The number of hydrogen-bond acceptors (Lipinski definition) is 7. The molecule has 0 saturated carbocycles. The number of esters is 1. The topological polar surface area (TPSA) is 95.5 Å². The van der Waals surface area contributed by atoms with Gasteiger partial charge >= 0.3 is 5.97 Å². The second kappa shape index (κ2) is 11.3. The van der Waals surface area contributed by atoms with Gasteiger partial charge in [-0.05, 0) is 64.5 Å². The minimum Gasteiger partial charge on any atom is -0.482 e. The lowest BCUT2D eigenvalue weighted by Crippen LogP contribution is -2.24. The highest BCUT2D eigenvalue weighted by atomic mass is 79.9. The number of halogens is 4. The van der Waals surface area contributed by atoms with E-state index in [9.17, 15) is 9.59 Å². The number of nitrogens with zero attached hydrogens (tertiary/aromatic N) is 1. The molecule has 0 atom stereocenters. The zero-order valence-electron chi connectivity index (χ0n) is 17.5. The fourth-order valence-corrected chi connectivity index (χ4v) is 4.70. The minimum atomic E-state index is -0.613. The predicted octanol–water partition coefficient (Wildman–Crippen LogP) is 6.00. The van der Waals surface area contributed by atoms with Crippen molar-refractivity contribution >= 4 is 73.2 Å². The molecule has 0 aromatic heterocycles. The second-order valence-electron chi connectivity index (χ2n) is 6.92. The first-order chi connectivity index (χ1) is 16.8. The van der Waals surface area contributed by atoms with E-state index in [-0.39, 0.29) is 29.7 Å². The summed E-state index contributed by atoms with van der Waals surface area (Å²) in [5.41, 5.74) is 3.04. The average Bonchev–Trinajstić information content (AvgIpc) is 3.28. The van der Waals surface area contributed by atoms with Crippen molar-refractivity contribution in [3.05, 3.63) is 78.6 Å². The van der Waals surface area contributed by atoms with Crippen molar-refractivity contribution in [3.63, 3.8) is 0 Å². The van der Waals surface area contributed by atoms with Crippen LogP contribution in [0, 0.1) is 0 Å². The van der Waals surface area contributed by atoms with E-state index in [0.29, 0.717) is 36.8 Å². The Kier molecular flexibility index (Phi) is 8.17. The molecule has 4 rings (SSSR count). The molecule has 0 bridgehead atoms. The first-order valence-corrected chi connectivity index (χ1v) is 12.1. The maximum atomic E-state index is 12.8. The molecule has 0 aliphatic carbocycles. The number of ether oxygens (including phenoxy) is 4. The number of hydrazone groups is 1. The van der Waals surface area contributed by atoms with Crippen LogP contribution in [0.15, 0.2) is 62.6 Å². The Morgan fingerprint density at radius 3 is 2.66 bits per heavy atom. The Bertz CT molecular complexity index is 1340. The molecule has 0 unspecified atom stereocenters. The summed E-state index contributed by atoms with van der Waals surface area (Å²) in [6.07, 6.45) is 1.34. The number of carbonyl (C=O) groups is 2. The highest BCUT2D eigenvalue weighted by Crippen LogP contribution is 2.35. The molecule has 8 nitrogen and oxygen atoms in total. The summed E-state index contributed by atoms with van der Waals surface area (Å²) < 4.78 is 22.7. The second-order valence-corrected chi connectivity index (χ2v) is 9.53. The molecule has 1 N–H and O–H groups in total. The summed E-state index contributed by atoms with van der Waals surface area (Å²) in [6, 6.07) is 12.8. The number of nitrogens with one attached hydrogen (secondary N) is 1. The van der Waals surface area contributed by atoms with E-state index in [0.717, 1.165) is 0 Å². The SMILES string of the molecule is O=C(COc1ccc(Cl)cc1Cl)N/N=C/c1cc(Br)cc(Br)c1OC(=O)c1ccc2c(c1)OCO2. The van der Waals surface area contributed by atoms with Crippen molar-refractivity contribution < 1.29 is 28.5 Å². The fraction of sp³-hybridized carbons (Fsp3) is 0.0870. The lowest BCUT2D eigenvalue weighted by molar-refractivity contribution is -0.123. The molecule has 12 heteroatoms. The molecule has 0 radical (unpaired) electrons. The molecule has 1 amide bonds. The molecule has 1 aliphatic rings. The number of carbonyl (C=O) groups excluding carboxylic acids is 2. The number of amides is 1. The molecule has 0 spiro atoms. The summed E-state index contributed by atoms with van der Waals surface area (Å²) in [7, 11) is 0. The monoisotopic (exact) mass is 642 g/mol. The maximum absolute atomic E-state index is 12.8. The molecule has 1 aliphatic heterocycles. The van der Waals surface area contributed by atoms with Crippen LogP contribution in [0.1, 0.15) is 15.9 Å². The summed E-state index contributed by atoms with van der Waals surface area (Å²) in [5.74, 6) is 0.388. The third kappa shape index (κ3) is 6.46. The van der Waals surface area contributed by atoms with Gasteiger partial charge in [0.2, 0.25) is 6.79 Å². The van der Waals surface area contributed by atoms with E-state index in [1.807, 2.05) is 0 Å². The maximum Gasteiger partial charge on any atom is 0.343 e. The first-order valence-electron chi connectivity index (χ1n) is 9.81. The van der Waals surface area contributed by atoms with Crippen LogP contribution < -0.4 is 24.4 Å². The zero-order chi connectivity index (χ0) is 24.9. The van der Waals surface area contributed by atoms with Crippen molar-refractivity contribution in [3.8, 4) is 23.0 Å². The Morgan fingerprint density at radius 1 is 1.06 bits per heavy atom. The summed E-state index contributed by atoms with van der Waals surface area (Å²) in [6.45, 7) is -0.233. The van der Waals surface area contributed by atoms with Crippen LogP contribution in [-0.2, 0) is 4.79 Å². The molecule has 1 heterocycles. The van der Waals surface area contributed by atoms with Gasteiger partial charge in [0.25, 0.3) is 5.91 Å². The number of benzene rings is 3. The normalized spacial score (nSPS) is 12.0. The van der Waals surface area contributed by atoms with E-state index in [2.05, 4.69) is 42.4 Å². The van der Waals surface area contributed by atoms with Crippen LogP contribution in [0.5, 0.6) is 23.0 Å². The Hall–Kier alpha value is -2.79. The Morgan fingerprint density at radius 2 is 1.86 bits per heavy atom. The lowest BCUT2D eigenvalue weighted by Gasteiger charge is -2.11. The minimum absolute atomic E-state index is 0.0935. The smallest absolute Gasteiger partial charge is 0.343 e. The van der Waals surface area contributed by atoms with Crippen molar-refractivity contribution in [2.24, 2.45) is 5.10 Å². The van der Waals surface area contributed by atoms with Gasteiger partial charge in [-0.25, -0.2) is 10.2 Å². The van der Waals surface area contributed by atoms with Gasteiger partial charge in [-0.2, -0.15) is 5.10 Å². The molecule has 0 saturated heterocycles. The molecule has 3 aromatic rings. The highest BCUT2D eigenvalue weighted by Gasteiger charge is 2.19. The molecular formula is C23H14Br2Cl2N2O6. The number of rotatable bonds is 7. The van der Waals surface area contributed by atoms with E-state index in [1.54, 1.807) is 42.5 Å². The quantitative estimate of drug-likeness (QED) is 0.147. The molecule has 0 fully saturated rings. The van der Waals surface area contributed by atoms with Gasteiger partial charge in [0.15, 0.2) is 23.9 Å². The van der Waals surface area contributed by atoms with Crippen LogP contribution in [0.2, 0.25) is 10.0 Å². The predicted molar refractivity (Wildman–Crippen MR) is 137 cm³/mol. The molecular weight excluding hydrogens is 631 g/mol. The van der Waals surface area contributed by atoms with Crippen molar-refractivity contribution in [2.75, 3.05) is 13.4 Å². The van der Waals surface area contributed by atoms with E-state index < -0.39 is 11.9 Å². The van der Waals surface area contributed by atoms with Gasteiger partial charge in [-0.15, -0.1) is 0 Å². The van der Waals surface area contributed by atoms with Crippen molar-refractivity contribution in [1.29, 1.82) is 0 Å². The summed E-state index contributed by atoms with van der Waals surface area (Å²) >= 11 is 18.6. The number of hydrogen-bond donors (Lipinski definition) is 1.